The van der Waals surface area contributed by atoms with E-state index in [0.717, 1.165) is 12.8 Å². The van der Waals surface area contributed by atoms with Crippen LogP contribution in [0, 0.1) is 6.92 Å². The second kappa shape index (κ2) is 5.85. The van der Waals surface area contributed by atoms with E-state index < -0.39 is 5.97 Å². The Bertz CT molecular complexity index is 451. The number of hydrogen-bond donors (Lipinski definition) is 1. The summed E-state index contributed by atoms with van der Waals surface area (Å²) in [6.45, 7) is 8.70. The van der Waals surface area contributed by atoms with Crippen LogP contribution in [0.3, 0.4) is 0 Å². The first-order valence-corrected chi connectivity index (χ1v) is 6.30. The van der Waals surface area contributed by atoms with E-state index in [-0.39, 0.29) is 5.41 Å². The van der Waals surface area contributed by atoms with E-state index in [1.54, 1.807) is 6.08 Å². The van der Waals surface area contributed by atoms with Gasteiger partial charge in [-0.25, -0.2) is 4.79 Å². The van der Waals surface area contributed by atoms with E-state index in [4.69, 9.17) is 5.11 Å². The van der Waals surface area contributed by atoms with Crippen molar-refractivity contribution in [3.05, 3.63) is 47.0 Å². The molecule has 1 N–H and O–H groups in total. The van der Waals surface area contributed by atoms with Crippen LogP contribution in [0.25, 0.3) is 0 Å². The number of carbonyl (C=O) groups is 1. The summed E-state index contributed by atoms with van der Waals surface area (Å²) in [4.78, 5) is 10.4. The first kappa shape index (κ1) is 14.5. The molecule has 0 aromatic heterocycles. The van der Waals surface area contributed by atoms with Gasteiger partial charge in [0, 0.05) is 6.08 Å². The first-order chi connectivity index (χ1) is 8.30. The zero-order chi connectivity index (χ0) is 13.8. The van der Waals surface area contributed by atoms with Crippen molar-refractivity contribution in [1.82, 2.24) is 0 Å². The third kappa shape index (κ3) is 4.36. The van der Waals surface area contributed by atoms with Gasteiger partial charge in [-0.2, -0.15) is 0 Å². The maximum absolute atomic E-state index is 10.4. The zero-order valence-corrected chi connectivity index (χ0v) is 11.7. The van der Waals surface area contributed by atoms with E-state index in [9.17, 15) is 4.79 Å². The molecule has 0 fully saturated rings. The third-order valence-electron chi connectivity index (χ3n) is 3.06. The molecule has 1 rings (SSSR count). The van der Waals surface area contributed by atoms with Crippen molar-refractivity contribution in [3.63, 3.8) is 0 Å². The Balaban J connectivity index is 2.79. The van der Waals surface area contributed by atoms with Crippen molar-refractivity contribution in [2.45, 2.75) is 46.0 Å². The van der Waals surface area contributed by atoms with E-state index in [0.29, 0.717) is 0 Å². The zero-order valence-electron chi connectivity index (χ0n) is 11.7. The predicted molar refractivity (Wildman–Crippen MR) is 75.0 cm³/mol. The van der Waals surface area contributed by atoms with Crippen LogP contribution in [0.5, 0.6) is 0 Å². The number of aryl methyl sites for hydroxylation is 2. The van der Waals surface area contributed by atoms with Gasteiger partial charge in [-0.1, -0.05) is 45.0 Å². The predicted octanol–water partition coefficient (Wildman–Crippen LogP) is 3.87. The Morgan fingerprint density at radius 2 is 2.00 bits per heavy atom. The number of carboxylic acid groups (broad SMARTS) is 1. The summed E-state index contributed by atoms with van der Waals surface area (Å²) in [5.41, 5.74) is 4.05. The molecule has 0 atom stereocenters. The molecular formula is C16H22O2. The average Bonchev–Trinajstić information content (AvgIpc) is 2.24. The summed E-state index contributed by atoms with van der Waals surface area (Å²) in [7, 11) is 0. The minimum absolute atomic E-state index is 0.152. The fraction of sp³-hybridized carbons (Fsp3) is 0.438. The molecule has 0 radical (unpaired) electrons. The summed E-state index contributed by atoms with van der Waals surface area (Å²) in [6.07, 6.45) is 4.58. The number of rotatable bonds is 4. The highest BCUT2D eigenvalue weighted by Crippen LogP contribution is 2.25. The fourth-order valence-electron chi connectivity index (χ4n) is 1.83. The molecule has 18 heavy (non-hydrogen) atoms. The lowest BCUT2D eigenvalue weighted by Gasteiger charge is -2.20. The normalized spacial score (nSPS) is 12.0. The monoisotopic (exact) mass is 246 g/mol. The highest BCUT2D eigenvalue weighted by Gasteiger charge is 2.14. The van der Waals surface area contributed by atoms with Crippen LogP contribution >= 0.6 is 0 Å². The molecular weight excluding hydrogens is 224 g/mol. The number of hydrogen-bond acceptors (Lipinski definition) is 1. The topological polar surface area (TPSA) is 37.3 Å². The summed E-state index contributed by atoms with van der Waals surface area (Å²) in [5, 5.41) is 8.53. The maximum atomic E-state index is 10.4. The van der Waals surface area contributed by atoms with Gasteiger partial charge in [-0.15, -0.1) is 0 Å². The molecule has 2 heteroatoms. The van der Waals surface area contributed by atoms with Crippen LogP contribution in [0.4, 0.5) is 0 Å². The molecule has 0 bridgehead atoms. The summed E-state index contributed by atoms with van der Waals surface area (Å²) in [6, 6.07) is 6.56. The second-order valence-corrected chi connectivity index (χ2v) is 5.67. The van der Waals surface area contributed by atoms with Gasteiger partial charge in [0.05, 0.1) is 0 Å². The standard InChI is InChI=1S/C16H22O2/c1-12-9-10-14(16(2,3)4)11-13(12)7-5-6-8-15(17)18/h6,8-11H,5,7H2,1-4H3,(H,17,18)/b8-6+. The van der Waals surface area contributed by atoms with Gasteiger partial charge in [0.1, 0.15) is 0 Å². The fourth-order valence-corrected chi connectivity index (χ4v) is 1.83. The van der Waals surface area contributed by atoms with Crippen LogP contribution in [0.1, 0.15) is 43.9 Å². The highest BCUT2D eigenvalue weighted by molar-refractivity contribution is 5.79. The van der Waals surface area contributed by atoms with Crippen molar-refractivity contribution < 1.29 is 9.90 Å². The summed E-state index contributed by atoms with van der Waals surface area (Å²) >= 11 is 0. The van der Waals surface area contributed by atoms with Gasteiger partial charge in [0.2, 0.25) is 0 Å². The van der Waals surface area contributed by atoms with E-state index in [1.807, 2.05) is 0 Å². The number of carboxylic acids is 1. The van der Waals surface area contributed by atoms with Crippen LogP contribution in [-0.2, 0) is 16.6 Å². The minimum Gasteiger partial charge on any atom is -0.478 e. The maximum Gasteiger partial charge on any atom is 0.327 e. The Labute approximate surface area is 109 Å². The van der Waals surface area contributed by atoms with Gasteiger partial charge in [-0.3, -0.25) is 0 Å². The molecule has 2 nitrogen and oxygen atoms in total. The van der Waals surface area contributed by atoms with E-state index in [2.05, 4.69) is 45.9 Å². The largest absolute Gasteiger partial charge is 0.478 e. The highest BCUT2D eigenvalue weighted by atomic mass is 16.4. The SMILES string of the molecule is Cc1ccc(C(C)(C)C)cc1CC/C=C/C(=O)O. The van der Waals surface area contributed by atoms with E-state index >= 15 is 0 Å². The lowest BCUT2D eigenvalue weighted by atomic mass is 9.85. The van der Waals surface area contributed by atoms with Gasteiger partial charge in [0.15, 0.2) is 0 Å². The Hall–Kier alpha value is -1.57. The summed E-state index contributed by atoms with van der Waals surface area (Å²) in [5.74, 6) is -0.879. The first-order valence-electron chi connectivity index (χ1n) is 6.30. The minimum atomic E-state index is -0.879. The molecule has 0 aliphatic rings. The Morgan fingerprint density at radius 3 is 2.56 bits per heavy atom. The molecule has 1 aromatic rings. The van der Waals surface area contributed by atoms with Crippen molar-refractivity contribution in [2.24, 2.45) is 0 Å². The van der Waals surface area contributed by atoms with Crippen LogP contribution in [-0.4, -0.2) is 11.1 Å². The molecule has 0 saturated heterocycles. The lowest BCUT2D eigenvalue weighted by molar-refractivity contribution is -0.131. The van der Waals surface area contributed by atoms with Crippen LogP contribution in [0.15, 0.2) is 30.4 Å². The van der Waals surface area contributed by atoms with Crippen molar-refractivity contribution in [1.29, 1.82) is 0 Å². The molecule has 98 valence electrons. The quantitative estimate of drug-likeness (QED) is 0.819. The third-order valence-corrected chi connectivity index (χ3v) is 3.06. The number of benzene rings is 1. The van der Waals surface area contributed by atoms with Crippen molar-refractivity contribution >= 4 is 5.97 Å². The van der Waals surface area contributed by atoms with Gasteiger partial charge >= 0.3 is 5.97 Å². The molecule has 0 aliphatic carbocycles. The van der Waals surface area contributed by atoms with Gasteiger partial charge in [-0.05, 0) is 41.9 Å². The number of allylic oxidation sites excluding steroid dienone is 1. The number of aliphatic carboxylic acids is 1. The van der Waals surface area contributed by atoms with Crippen LogP contribution < -0.4 is 0 Å². The molecule has 0 amide bonds. The molecule has 0 saturated carbocycles. The molecule has 0 aliphatic heterocycles. The van der Waals surface area contributed by atoms with E-state index in [1.165, 1.54) is 22.8 Å². The molecule has 1 aromatic carbocycles. The van der Waals surface area contributed by atoms with Crippen LogP contribution in [0.2, 0.25) is 0 Å². The smallest absolute Gasteiger partial charge is 0.327 e. The van der Waals surface area contributed by atoms with Crippen molar-refractivity contribution in [3.8, 4) is 0 Å². The molecule has 0 unspecified atom stereocenters. The average molecular weight is 246 g/mol. The molecule has 0 spiro atoms. The summed E-state index contributed by atoms with van der Waals surface area (Å²) < 4.78 is 0. The lowest BCUT2D eigenvalue weighted by Crippen LogP contribution is -2.11. The second-order valence-electron chi connectivity index (χ2n) is 5.67. The molecule has 0 heterocycles. The Morgan fingerprint density at radius 1 is 1.33 bits per heavy atom. The van der Waals surface area contributed by atoms with Gasteiger partial charge < -0.3 is 5.11 Å². The van der Waals surface area contributed by atoms with Crippen molar-refractivity contribution in [2.75, 3.05) is 0 Å². The Kier molecular flexibility index (Phi) is 4.71. The van der Waals surface area contributed by atoms with Gasteiger partial charge in [0.25, 0.3) is 0 Å².